The Morgan fingerprint density at radius 1 is 1.27 bits per heavy atom. The van der Waals surface area contributed by atoms with Crippen LogP contribution in [0.1, 0.15) is 16.1 Å². The van der Waals surface area contributed by atoms with E-state index in [0.29, 0.717) is 18.2 Å². The summed E-state index contributed by atoms with van der Waals surface area (Å²) in [4.78, 5) is 14.2. The van der Waals surface area contributed by atoms with E-state index in [-0.39, 0.29) is 12.1 Å². The van der Waals surface area contributed by atoms with Gasteiger partial charge in [-0.15, -0.1) is 0 Å². The molecule has 8 heteroatoms. The summed E-state index contributed by atoms with van der Waals surface area (Å²) in [5.74, 6) is -2.43. The van der Waals surface area contributed by atoms with E-state index in [2.05, 4.69) is 9.71 Å². The second-order valence-corrected chi connectivity index (χ2v) is 6.15. The maximum Gasteiger partial charge on any atom is 0.335 e. The zero-order valence-corrected chi connectivity index (χ0v) is 12.2. The first-order valence-corrected chi connectivity index (χ1v) is 7.81. The van der Waals surface area contributed by atoms with Crippen molar-refractivity contribution in [3.05, 3.63) is 59.7 Å². The summed E-state index contributed by atoms with van der Waals surface area (Å²) in [6, 6.07) is 7.92. The Bertz CT molecular complexity index is 779. The molecule has 0 radical (unpaired) electrons. The van der Waals surface area contributed by atoms with Crippen LogP contribution in [0.3, 0.4) is 0 Å². The summed E-state index contributed by atoms with van der Waals surface area (Å²) < 4.78 is 40.0. The van der Waals surface area contributed by atoms with Crippen LogP contribution in [0.4, 0.5) is 4.39 Å². The highest BCUT2D eigenvalue weighted by Crippen LogP contribution is 2.16. The Morgan fingerprint density at radius 3 is 2.64 bits per heavy atom. The van der Waals surface area contributed by atoms with E-state index in [1.807, 2.05) is 0 Å². The number of carbonyl (C=O) groups is 1. The molecule has 22 heavy (non-hydrogen) atoms. The average molecular weight is 324 g/mol. The lowest BCUT2D eigenvalue weighted by Crippen LogP contribution is -2.27. The number of nitrogens with one attached hydrogen (secondary N) is 1. The lowest BCUT2D eigenvalue weighted by atomic mass is 10.2. The van der Waals surface area contributed by atoms with Gasteiger partial charge in [-0.1, -0.05) is 6.07 Å². The molecule has 2 aromatic rings. The third-order valence-electron chi connectivity index (χ3n) is 2.87. The molecule has 6 nitrogen and oxygen atoms in total. The monoisotopic (exact) mass is 324 g/mol. The third-order valence-corrected chi connectivity index (χ3v) is 4.36. The van der Waals surface area contributed by atoms with Gasteiger partial charge in [-0.3, -0.25) is 4.98 Å². The summed E-state index contributed by atoms with van der Waals surface area (Å²) in [6.45, 7) is 0.0550. The molecule has 1 aromatic carbocycles. The predicted molar refractivity (Wildman–Crippen MR) is 76.5 cm³/mol. The van der Waals surface area contributed by atoms with E-state index in [4.69, 9.17) is 5.11 Å². The number of carboxylic acids is 1. The Labute approximate surface area is 126 Å². The maximum atomic E-state index is 13.8. The number of sulfonamides is 1. The van der Waals surface area contributed by atoms with Crippen LogP contribution in [0.5, 0.6) is 0 Å². The van der Waals surface area contributed by atoms with Gasteiger partial charge in [0, 0.05) is 24.9 Å². The van der Waals surface area contributed by atoms with Crippen LogP contribution < -0.4 is 4.72 Å². The Kier molecular flexibility index (Phi) is 4.84. The minimum absolute atomic E-state index is 0.0550. The summed E-state index contributed by atoms with van der Waals surface area (Å²) >= 11 is 0. The molecule has 116 valence electrons. The lowest BCUT2D eigenvalue weighted by Gasteiger charge is -2.08. The number of carboxylic acid groups (broad SMARTS) is 1. The van der Waals surface area contributed by atoms with Gasteiger partial charge in [0.25, 0.3) is 0 Å². The fraction of sp³-hybridized carbons (Fsp3) is 0.143. The SMILES string of the molecule is O=C(O)c1ccc(S(=O)(=O)NCCc2ccccn2)c(F)c1. The first kappa shape index (κ1) is 16.1. The number of aromatic nitrogens is 1. The molecule has 1 heterocycles. The van der Waals surface area contributed by atoms with Gasteiger partial charge in [0.15, 0.2) is 0 Å². The summed E-state index contributed by atoms with van der Waals surface area (Å²) in [5.41, 5.74) is 0.386. The van der Waals surface area contributed by atoms with E-state index in [1.165, 1.54) is 0 Å². The first-order chi connectivity index (χ1) is 10.4. The highest BCUT2D eigenvalue weighted by atomic mass is 32.2. The van der Waals surface area contributed by atoms with Gasteiger partial charge >= 0.3 is 5.97 Å². The highest BCUT2D eigenvalue weighted by molar-refractivity contribution is 7.89. The molecular weight excluding hydrogens is 311 g/mol. The van der Waals surface area contributed by atoms with Gasteiger partial charge in [-0.25, -0.2) is 22.3 Å². The molecule has 0 aliphatic rings. The predicted octanol–water partition coefficient (Wildman–Crippen LogP) is 1.44. The molecule has 0 saturated heterocycles. The van der Waals surface area contributed by atoms with Crippen molar-refractivity contribution in [3.63, 3.8) is 0 Å². The molecular formula is C14H13FN2O4S. The average Bonchev–Trinajstić information content (AvgIpc) is 2.47. The number of hydrogen-bond donors (Lipinski definition) is 2. The molecule has 2 rings (SSSR count). The molecule has 0 unspecified atom stereocenters. The summed E-state index contributed by atoms with van der Waals surface area (Å²) in [5, 5.41) is 8.73. The Balaban J connectivity index is 2.09. The summed E-state index contributed by atoms with van der Waals surface area (Å²) in [6.07, 6.45) is 1.95. The molecule has 2 N–H and O–H groups in total. The topological polar surface area (TPSA) is 96.4 Å². The zero-order chi connectivity index (χ0) is 16.2. The smallest absolute Gasteiger partial charge is 0.335 e. The van der Waals surface area contributed by atoms with Crippen LogP contribution >= 0.6 is 0 Å². The van der Waals surface area contributed by atoms with Crippen molar-refractivity contribution in [2.45, 2.75) is 11.3 Å². The molecule has 0 spiro atoms. The van der Waals surface area contributed by atoms with Gasteiger partial charge in [0.1, 0.15) is 10.7 Å². The largest absolute Gasteiger partial charge is 0.478 e. The number of hydrogen-bond acceptors (Lipinski definition) is 4. The first-order valence-electron chi connectivity index (χ1n) is 6.32. The Morgan fingerprint density at radius 2 is 2.05 bits per heavy atom. The molecule has 0 saturated carbocycles. The fourth-order valence-corrected chi connectivity index (χ4v) is 2.88. The standard InChI is InChI=1S/C14H13FN2O4S/c15-12-9-10(14(18)19)4-5-13(12)22(20,21)17-8-6-11-3-1-2-7-16-11/h1-5,7,9,17H,6,8H2,(H,18,19). The maximum absolute atomic E-state index is 13.8. The molecule has 0 aliphatic heterocycles. The van der Waals surface area contributed by atoms with Crippen LogP contribution in [0.15, 0.2) is 47.5 Å². The normalized spacial score (nSPS) is 11.3. The quantitative estimate of drug-likeness (QED) is 0.838. The van der Waals surface area contributed by atoms with Gasteiger partial charge in [0.05, 0.1) is 5.56 Å². The van der Waals surface area contributed by atoms with Crippen molar-refractivity contribution in [3.8, 4) is 0 Å². The molecule has 0 amide bonds. The number of pyridine rings is 1. The van der Waals surface area contributed by atoms with Gasteiger partial charge < -0.3 is 5.11 Å². The van der Waals surface area contributed by atoms with E-state index in [0.717, 1.165) is 12.1 Å². The number of halogens is 1. The fourth-order valence-electron chi connectivity index (χ4n) is 1.79. The van der Waals surface area contributed by atoms with Crippen LogP contribution in [0.2, 0.25) is 0 Å². The molecule has 1 aromatic heterocycles. The van der Waals surface area contributed by atoms with Crippen molar-refractivity contribution >= 4 is 16.0 Å². The van der Waals surface area contributed by atoms with Crippen molar-refractivity contribution in [1.82, 2.24) is 9.71 Å². The van der Waals surface area contributed by atoms with Gasteiger partial charge in [0.2, 0.25) is 10.0 Å². The van der Waals surface area contributed by atoms with Gasteiger partial charge in [-0.05, 0) is 30.3 Å². The van der Waals surface area contributed by atoms with Crippen molar-refractivity contribution in [2.24, 2.45) is 0 Å². The molecule has 0 fully saturated rings. The van der Waals surface area contributed by atoms with Crippen LogP contribution in [-0.2, 0) is 16.4 Å². The van der Waals surface area contributed by atoms with Crippen LogP contribution in [0, 0.1) is 5.82 Å². The zero-order valence-electron chi connectivity index (χ0n) is 11.4. The second-order valence-electron chi connectivity index (χ2n) is 4.42. The van der Waals surface area contributed by atoms with E-state index < -0.39 is 26.7 Å². The van der Waals surface area contributed by atoms with Crippen LogP contribution in [-0.4, -0.2) is 31.0 Å². The molecule has 0 bridgehead atoms. The van der Waals surface area contributed by atoms with E-state index >= 15 is 0 Å². The van der Waals surface area contributed by atoms with E-state index in [9.17, 15) is 17.6 Å². The van der Waals surface area contributed by atoms with Crippen molar-refractivity contribution in [2.75, 3.05) is 6.54 Å². The number of rotatable bonds is 6. The second kappa shape index (κ2) is 6.63. The van der Waals surface area contributed by atoms with Crippen LogP contribution in [0.25, 0.3) is 0 Å². The number of aromatic carboxylic acids is 1. The van der Waals surface area contributed by atoms with Crippen molar-refractivity contribution < 1.29 is 22.7 Å². The highest BCUT2D eigenvalue weighted by Gasteiger charge is 2.20. The summed E-state index contributed by atoms with van der Waals surface area (Å²) in [7, 11) is -4.05. The lowest BCUT2D eigenvalue weighted by molar-refractivity contribution is 0.0696. The molecule has 0 aliphatic carbocycles. The Hall–Kier alpha value is -2.32. The number of benzene rings is 1. The van der Waals surface area contributed by atoms with Crippen molar-refractivity contribution in [1.29, 1.82) is 0 Å². The third kappa shape index (κ3) is 3.86. The molecule has 0 atom stereocenters. The van der Waals surface area contributed by atoms with Gasteiger partial charge in [-0.2, -0.15) is 0 Å². The minimum atomic E-state index is -4.05. The number of nitrogens with zero attached hydrogens (tertiary/aromatic N) is 1. The minimum Gasteiger partial charge on any atom is -0.478 e. The van der Waals surface area contributed by atoms with E-state index in [1.54, 1.807) is 24.4 Å².